The van der Waals surface area contributed by atoms with Crippen LogP contribution in [0.3, 0.4) is 0 Å². The van der Waals surface area contributed by atoms with Crippen molar-refractivity contribution in [2.45, 2.75) is 12.2 Å². The third-order valence-electron chi connectivity index (χ3n) is 0.898. The van der Waals surface area contributed by atoms with Crippen molar-refractivity contribution in [1.29, 1.82) is 0 Å². The maximum absolute atomic E-state index is 10.4. The number of carboxylic acids is 1. The molecule has 0 amide bonds. The summed E-state index contributed by atoms with van der Waals surface area (Å²) < 4.78 is 4.07. The summed E-state index contributed by atoms with van der Waals surface area (Å²) in [6.45, 7) is 0. The second-order valence-electron chi connectivity index (χ2n) is 1.65. The van der Waals surface area contributed by atoms with E-state index < -0.39 is 24.1 Å². The van der Waals surface area contributed by atoms with E-state index in [1.165, 1.54) is 0 Å². The maximum atomic E-state index is 10.4. The molecule has 2 atom stereocenters. The van der Waals surface area contributed by atoms with Crippen molar-refractivity contribution in [1.82, 2.24) is 0 Å². The van der Waals surface area contributed by atoms with Crippen LogP contribution >= 0.6 is 0 Å². The van der Waals surface area contributed by atoms with Crippen molar-refractivity contribution in [3.63, 3.8) is 0 Å². The van der Waals surface area contributed by atoms with Crippen molar-refractivity contribution in [3.8, 4) is 0 Å². The van der Waals surface area contributed by atoms with Gasteiger partial charge in [-0.05, 0) is 0 Å². The van der Waals surface area contributed by atoms with Gasteiger partial charge in [0.2, 0.25) is 0 Å². The summed E-state index contributed by atoms with van der Waals surface area (Å²) in [5, 5.41) is 27.0. The Labute approximate surface area is 104 Å². The van der Waals surface area contributed by atoms with Crippen LogP contribution in [0.1, 0.15) is 0 Å². The predicted octanol–water partition coefficient (Wildman–Crippen LogP) is -7.45. The monoisotopic (exact) mass is 294 g/mol. The zero-order valence-electron chi connectivity index (χ0n) is 6.26. The Morgan fingerprint density at radius 3 is 2.00 bits per heavy atom. The van der Waals surface area contributed by atoms with Crippen LogP contribution in [0.2, 0.25) is 0 Å². The van der Waals surface area contributed by atoms with Gasteiger partial charge < -0.3 is 0 Å². The minimum atomic E-state index is -2.23. The van der Waals surface area contributed by atoms with E-state index in [0.29, 0.717) is 0 Å². The van der Waals surface area contributed by atoms with Crippen LogP contribution < -0.4 is 34.7 Å². The van der Waals surface area contributed by atoms with Gasteiger partial charge in [-0.2, -0.15) is 0 Å². The Kier molecular flexibility index (Phi) is 8.99. The Bertz CT molecular complexity index is 173. The van der Waals surface area contributed by atoms with Gasteiger partial charge in [-0.25, -0.2) is 0 Å². The number of carboxylic acid groups (broad SMARTS) is 1. The quantitative estimate of drug-likeness (QED) is 0.501. The van der Waals surface area contributed by atoms with Crippen molar-refractivity contribution >= 4 is 35.4 Å². The van der Waals surface area contributed by atoms with Gasteiger partial charge >= 0.3 is 105 Å². The molecule has 0 aromatic carbocycles. The molecule has 0 heterocycles. The predicted molar refractivity (Wildman–Crippen MR) is 31.7 cm³/mol. The first kappa shape index (κ1) is 15.2. The normalized spacial score (nSPS) is 13.9. The van der Waals surface area contributed by atoms with Gasteiger partial charge in [-0.1, -0.05) is 0 Å². The molecule has 2 N–H and O–H groups in total. The van der Waals surface area contributed by atoms with Crippen molar-refractivity contribution in [2.75, 3.05) is 0 Å². The summed E-state index contributed by atoms with van der Waals surface area (Å²) in [5.74, 6) is -3.08. The molecular formula is C4H6NaO6Sb. The van der Waals surface area contributed by atoms with E-state index in [4.69, 9.17) is 10.2 Å². The topological polar surface area (TPSA) is 107 Å². The second-order valence-corrected chi connectivity index (χ2v) is 2.32. The Morgan fingerprint density at radius 2 is 1.75 bits per heavy atom. The zero-order chi connectivity index (χ0) is 9.02. The molecule has 0 aromatic rings. The third-order valence-corrected chi connectivity index (χ3v) is 1.56. The van der Waals surface area contributed by atoms with E-state index in [1.807, 2.05) is 0 Å². The largest absolute Gasteiger partial charge is 1.00 e. The molecule has 8 heteroatoms. The molecule has 0 aliphatic carbocycles. The summed E-state index contributed by atoms with van der Waals surface area (Å²) in [6, 6.07) is 0. The first-order valence-corrected chi connectivity index (χ1v) is 3.82. The standard InChI is InChI=1S/C4H6O6.Na.Sb.2H/c5-1(3(7)8)2(6)4(9)10;;;;/h1-2,5-6H,(H,7,8)(H,9,10);;;;/q;2*+1;;/p-2. The van der Waals surface area contributed by atoms with Crippen LogP contribution in [0.4, 0.5) is 0 Å². The number of carbonyl (C=O) groups excluding carboxylic acids is 2. The van der Waals surface area contributed by atoms with Crippen molar-refractivity contribution in [3.05, 3.63) is 0 Å². The number of carbonyl (C=O) groups is 2. The van der Waals surface area contributed by atoms with Gasteiger partial charge in [0.25, 0.3) is 0 Å². The molecule has 6 nitrogen and oxygen atoms in total. The summed E-state index contributed by atoms with van der Waals surface area (Å²) in [5.41, 5.74) is 0. The van der Waals surface area contributed by atoms with E-state index in [0.717, 1.165) is 0 Å². The van der Waals surface area contributed by atoms with Crippen LogP contribution in [0, 0.1) is 0 Å². The number of hydrogen-bond acceptors (Lipinski definition) is 6. The van der Waals surface area contributed by atoms with Gasteiger partial charge in [0.1, 0.15) is 0 Å². The molecule has 0 saturated carbocycles. The second kappa shape index (κ2) is 7.12. The fourth-order valence-corrected chi connectivity index (χ4v) is 0.725. The summed E-state index contributed by atoms with van der Waals surface area (Å²) in [6.07, 6.45) is -4.29. The molecule has 0 bridgehead atoms. The average Bonchev–Trinajstić information content (AvgIpc) is 2.00. The minimum Gasteiger partial charge on any atom is 1.00 e. The molecule has 0 spiro atoms. The molecule has 12 heavy (non-hydrogen) atoms. The maximum Gasteiger partial charge on any atom is 1.00 e. The van der Waals surface area contributed by atoms with Crippen LogP contribution in [0.5, 0.6) is 0 Å². The van der Waals surface area contributed by atoms with Gasteiger partial charge in [0.05, 0.1) is 0 Å². The molecule has 0 radical (unpaired) electrons. The first-order valence-electron chi connectivity index (χ1n) is 2.48. The minimum absolute atomic E-state index is 0. The number of aliphatic carboxylic acids is 1. The van der Waals surface area contributed by atoms with Crippen LogP contribution in [0.15, 0.2) is 0 Å². The van der Waals surface area contributed by atoms with E-state index in [-0.39, 0.29) is 53.0 Å². The molecule has 0 aliphatic heterocycles. The fraction of sp³-hybridized carbons (Fsp3) is 0.500. The van der Waals surface area contributed by atoms with Gasteiger partial charge in [0.15, 0.2) is 0 Å². The SMILES string of the molecule is O=C([O-])C(O)C(O)C(=O)[O][SbH2].[Na+]. The smallest absolute Gasteiger partial charge is 1.00 e. The van der Waals surface area contributed by atoms with Crippen molar-refractivity contribution in [2.24, 2.45) is 0 Å². The number of aliphatic hydroxyl groups excluding tert-OH is 2. The molecule has 2 unspecified atom stereocenters. The summed E-state index contributed by atoms with van der Waals surface area (Å²) >= 11 is 0.0874. The van der Waals surface area contributed by atoms with Crippen LogP contribution in [-0.4, -0.2) is 57.8 Å². The molecule has 64 valence electrons. The first-order chi connectivity index (χ1) is 5.00. The van der Waals surface area contributed by atoms with Gasteiger partial charge in [-0.3, -0.25) is 0 Å². The van der Waals surface area contributed by atoms with E-state index >= 15 is 0 Å². The molecule has 0 rings (SSSR count). The average molecular weight is 295 g/mol. The number of rotatable bonds is 3. The third kappa shape index (κ3) is 4.64. The number of aliphatic hydroxyl groups is 2. The molecule has 0 fully saturated rings. The zero-order valence-corrected chi connectivity index (χ0v) is 11.6. The van der Waals surface area contributed by atoms with E-state index in [1.54, 1.807) is 0 Å². The summed E-state index contributed by atoms with van der Waals surface area (Å²) in [7, 11) is 0. The Balaban J connectivity index is 0. The Morgan fingerprint density at radius 1 is 1.33 bits per heavy atom. The van der Waals surface area contributed by atoms with E-state index in [2.05, 4.69) is 3.02 Å². The number of hydrogen-bond donors (Lipinski definition) is 2. The van der Waals surface area contributed by atoms with Gasteiger partial charge in [0, 0.05) is 0 Å². The molecule has 0 aliphatic rings. The molecule has 0 aromatic heterocycles. The van der Waals surface area contributed by atoms with Crippen LogP contribution in [-0.2, 0) is 12.6 Å². The fourth-order valence-electron chi connectivity index (χ4n) is 0.328. The van der Waals surface area contributed by atoms with Crippen molar-refractivity contribution < 1.29 is 57.5 Å². The molecule has 0 saturated heterocycles. The Hall–Kier alpha value is 0.678. The van der Waals surface area contributed by atoms with E-state index in [9.17, 15) is 14.7 Å². The van der Waals surface area contributed by atoms with Gasteiger partial charge in [-0.15, -0.1) is 0 Å². The molecular weight excluding hydrogens is 289 g/mol. The summed E-state index contributed by atoms with van der Waals surface area (Å²) in [4.78, 5) is 20.2. The van der Waals surface area contributed by atoms with Crippen LogP contribution in [0.25, 0.3) is 0 Å².